The summed E-state index contributed by atoms with van der Waals surface area (Å²) in [4.78, 5) is 0. The molecule has 3 heteroatoms. The summed E-state index contributed by atoms with van der Waals surface area (Å²) in [7, 11) is 0. The van der Waals surface area contributed by atoms with Gasteiger partial charge in [-0.15, -0.1) is 0 Å². The molecule has 0 aliphatic heterocycles. The molecular formula is C18H21F2N. The second kappa shape index (κ2) is 6.81. The van der Waals surface area contributed by atoms with E-state index in [1.807, 2.05) is 32.0 Å². The van der Waals surface area contributed by atoms with Crippen LogP contribution in [0.5, 0.6) is 0 Å². The highest BCUT2D eigenvalue weighted by Gasteiger charge is 2.17. The van der Waals surface area contributed by atoms with Gasteiger partial charge in [0, 0.05) is 17.7 Å². The lowest BCUT2D eigenvalue weighted by molar-refractivity contribution is 0.500. The molecule has 0 spiro atoms. The summed E-state index contributed by atoms with van der Waals surface area (Å²) in [5.74, 6) is -0.987. The van der Waals surface area contributed by atoms with Crippen molar-refractivity contribution < 1.29 is 8.78 Å². The lowest BCUT2D eigenvalue weighted by Gasteiger charge is -2.20. The van der Waals surface area contributed by atoms with Gasteiger partial charge in [-0.25, -0.2) is 8.78 Å². The topological polar surface area (TPSA) is 12.0 Å². The van der Waals surface area contributed by atoms with Crippen molar-refractivity contribution in [3.05, 3.63) is 70.3 Å². The smallest absolute Gasteiger partial charge is 0.130 e. The van der Waals surface area contributed by atoms with E-state index < -0.39 is 11.6 Å². The van der Waals surface area contributed by atoms with Crippen LogP contribution in [0.15, 0.2) is 36.4 Å². The molecule has 112 valence electrons. The van der Waals surface area contributed by atoms with Gasteiger partial charge in [0.1, 0.15) is 11.6 Å². The predicted octanol–water partition coefficient (Wildman–Crippen LogP) is 4.47. The van der Waals surface area contributed by atoms with E-state index in [-0.39, 0.29) is 6.04 Å². The van der Waals surface area contributed by atoms with Gasteiger partial charge in [-0.1, -0.05) is 36.8 Å². The normalized spacial score (nSPS) is 12.4. The van der Waals surface area contributed by atoms with Crippen LogP contribution in [0.2, 0.25) is 0 Å². The Balaban J connectivity index is 2.33. The molecule has 1 N–H and O–H groups in total. The van der Waals surface area contributed by atoms with Crippen molar-refractivity contribution >= 4 is 0 Å². The number of likely N-dealkylation sites (N-methyl/N-ethyl adjacent to an activating group) is 1. The van der Waals surface area contributed by atoms with Gasteiger partial charge in [-0.3, -0.25) is 0 Å². The van der Waals surface area contributed by atoms with Crippen LogP contribution in [0.4, 0.5) is 8.78 Å². The van der Waals surface area contributed by atoms with E-state index in [2.05, 4.69) is 11.4 Å². The molecule has 21 heavy (non-hydrogen) atoms. The van der Waals surface area contributed by atoms with Gasteiger partial charge >= 0.3 is 0 Å². The van der Waals surface area contributed by atoms with Crippen molar-refractivity contribution in [3.8, 4) is 0 Å². The largest absolute Gasteiger partial charge is 0.310 e. The Morgan fingerprint density at radius 3 is 2.48 bits per heavy atom. The third-order valence-corrected chi connectivity index (χ3v) is 3.63. The van der Waals surface area contributed by atoms with Crippen LogP contribution in [0.1, 0.15) is 35.2 Å². The molecule has 2 aromatic rings. The molecule has 0 fully saturated rings. The molecule has 1 nitrogen and oxygen atoms in total. The van der Waals surface area contributed by atoms with Crippen molar-refractivity contribution in [1.82, 2.24) is 5.32 Å². The Morgan fingerprint density at radius 2 is 1.81 bits per heavy atom. The summed E-state index contributed by atoms with van der Waals surface area (Å²) in [6.07, 6.45) is 0.678. The first-order chi connectivity index (χ1) is 10.0. The van der Waals surface area contributed by atoms with E-state index >= 15 is 0 Å². The minimum absolute atomic E-state index is 0.156. The fourth-order valence-electron chi connectivity index (χ4n) is 2.56. The highest BCUT2D eigenvalue weighted by molar-refractivity contribution is 5.31. The zero-order valence-corrected chi connectivity index (χ0v) is 12.7. The maximum absolute atomic E-state index is 14.1. The SMILES string of the molecule is CCNC(Cc1cccc(C)c1)c1cc(C)c(F)cc1F. The van der Waals surface area contributed by atoms with Gasteiger partial charge in [0.2, 0.25) is 0 Å². The van der Waals surface area contributed by atoms with E-state index in [1.54, 1.807) is 13.0 Å². The monoisotopic (exact) mass is 289 g/mol. The Hall–Kier alpha value is -1.74. The molecule has 1 unspecified atom stereocenters. The fraction of sp³-hybridized carbons (Fsp3) is 0.333. The van der Waals surface area contributed by atoms with Crippen molar-refractivity contribution in [1.29, 1.82) is 0 Å². The second-order valence-electron chi connectivity index (χ2n) is 5.43. The van der Waals surface area contributed by atoms with Crippen molar-refractivity contribution in [2.24, 2.45) is 0 Å². The molecule has 1 atom stereocenters. The zero-order valence-electron chi connectivity index (χ0n) is 12.7. The number of hydrogen-bond acceptors (Lipinski definition) is 1. The number of nitrogens with one attached hydrogen (secondary N) is 1. The van der Waals surface area contributed by atoms with Crippen LogP contribution >= 0.6 is 0 Å². The molecular weight excluding hydrogens is 268 g/mol. The predicted molar refractivity (Wildman–Crippen MR) is 82.4 cm³/mol. The van der Waals surface area contributed by atoms with Crippen LogP contribution in [0, 0.1) is 25.5 Å². The van der Waals surface area contributed by atoms with Crippen LogP contribution < -0.4 is 5.32 Å². The minimum atomic E-state index is -0.498. The zero-order chi connectivity index (χ0) is 15.4. The maximum atomic E-state index is 14.1. The summed E-state index contributed by atoms with van der Waals surface area (Å²) in [6.45, 7) is 6.41. The van der Waals surface area contributed by atoms with Crippen molar-refractivity contribution in [3.63, 3.8) is 0 Å². The maximum Gasteiger partial charge on any atom is 0.130 e. The number of aryl methyl sites for hydroxylation is 2. The van der Waals surface area contributed by atoms with Gasteiger partial charge in [0.15, 0.2) is 0 Å². The Labute approximate surface area is 125 Å². The molecule has 0 saturated heterocycles. The molecule has 0 aliphatic rings. The highest BCUT2D eigenvalue weighted by atomic mass is 19.1. The summed E-state index contributed by atoms with van der Waals surface area (Å²) in [5, 5.41) is 3.29. The van der Waals surface area contributed by atoms with Crippen LogP contribution in [0.3, 0.4) is 0 Å². The van der Waals surface area contributed by atoms with E-state index in [9.17, 15) is 8.78 Å². The molecule has 0 amide bonds. The number of hydrogen-bond donors (Lipinski definition) is 1. The lowest BCUT2D eigenvalue weighted by atomic mass is 9.96. The number of halogens is 2. The fourth-order valence-corrected chi connectivity index (χ4v) is 2.56. The molecule has 0 aliphatic carbocycles. The Kier molecular flexibility index (Phi) is 5.07. The molecule has 2 aromatic carbocycles. The number of benzene rings is 2. The van der Waals surface area contributed by atoms with E-state index in [0.717, 1.165) is 18.2 Å². The molecule has 0 saturated carbocycles. The second-order valence-corrected chi connectivity index (χ2v) is 5.43. The van der Waals surface area contributed by atoms with Crippen molar-refractivity contribution in [2.75, 3.05) is 6.54 Å². The summed E-state index contributed by atoms with van der Waals surface area (Å²) < 4.78 is 27.5. The van der Waals surface area contributed by atoms with Crippen LogP contribution in [-0.4, -0.2) is 6.54 Å². The Bertz CT molecular complexity index is 623. The van der Waals surface area contributed by atoms with E-state index in [1.165, 1.54) is 5.56 Å². The standard InChI is InChI=1S/C18H21F2N/c1-4-21-18(10-14-7-5-6-12(2)8-14)15-9-13(3)16(19)11-17(15)20/h5-9,11,18,21H,4,10H2,1-3H3. The summed E-state index contributed by atoms with van der Waals surface area (Å²) >= 11 is 0. The third kappa shape index (κ3) is 3.88. The van der Waals surface area contributed by atoms with Crippen LogP contribution in [-0.2, 0) is 6.42 Å². The first kappa shape index (κ1) is 15.6. The van der Waals surface area contributed by atoms with E-state index in [4.69, 9.17) is 0 Å². The molecule has 0 aromatic heterocycles. The molecule has 0 radical (unpaired) electrons. The number of rotatable bonds is 5. The average molecular weight is 289 g/mol. The van der Waals surface area contributed by atoms with Crippen LogP contribution in [0.25, 0.3) is 0 Å². The molecule has 2 rings (SSSR count). The Morgan fingerprint density at radius 1 is 1.05 bits per heavy atom. The lowest BCUT2D eigenvalue weighted by Crippen LogP contribution is -2.24. The van der Waals surface area contributed by atoms with Gasteiger partial charge in [-0.05, 0) is 44.0 Å². The van der Waals surface area contributed by atoms with Gasteiger partial charge < -0.3 is 5.32 Å². The molecule has 0 heterocycles. The summed E-state index contributed by atoms with van der Waals surface area (Å²) in [5.41, 5.74) is 3.32. The minimum Gasteiger partial charge on any atom is -0.310 e. The van der Waals surface area contributed by atoms with Gasteiger partial charge in [-0.2, -0.15) is 0 Å². The first-order valence-electron chi connectivity index (χ1n) is 7.25. The van der Waals surface area contributed by atoms with E-state index in [0.29, 0.717) is 17.5 Å². The quantitative estimate of drug-likeness (QED) is 0.856. The summed E-state index contributed by atoms with van der Waals surface area (Å²) in [6, 6.07) is 10.6. The third-order valence-electron chi connectivity index (χ3n) is 3.63. The van der Waals surface area contributed by atoms with Crippen molar-refractivity contribution in [2.45, 2.75) is 33.2 Å². The average Bonchev–Trinajstić information content (AvgIpc) is 2.42. The van der Waals surface area contributed by atoms with Gasteiger partial charge in [0.25, 0.3) is 0 Å². The first-order valence-corrected chi connectivity index (χ1v) is 7.25. The highest BCUT2D eigenvalue weighted by Crippen LogP contribution is 2.24. The van der Waals surface area contributed by atoms with Gasteiger partial charge in [0.05, 0.1) is 0 Å². The molecule has 0 bridgehead atoms.